The van der Waals surface area contributed by atoms with Crippen molar-refractivity contribution >= 4 is 17.4 Å². The third-order valence-corrected chi connectivity index (χ3v) is 3.80. The van der Waals surface area contributed by atoms with Gasteiger partial charge in [-0.15, -0.1) is 0 Å². The molecule has 102 valence electrons. The Labute approximate surface area is 121 Å². The molecule has 0 aliphatic carbocycles. The molecule has 2 aromatic carbocycles. The summed E-state index contributed by atoms with van der Waals surface area (Å²) in [5.41, 5.74) is 2.79. The van der Waals surface area contributed by atoms with E-state index >= 15 is 0 Å². The molecular weight excluding hydrogens is 277 g/mol. The first-order chi connectivity index (χ1) is 9.66. The molecule has 0 radical (unpaired) electrons. The summed E-state index contributed by atoms with van der Waals surface area (Å²) in [7, 11) is 0. The molecule has 0 aromatic heterocycles. The van der Waals surface area contributed by atoms with Crippen molar-refractivity contribution in [2.45, 2.75) is 13.0 Å². The van der Waals surface area contributed by atoms with Crippen LogP contribution in [0.4, 0.5) is 4.39 Å². The lowest BCUT2D eigenvalue weighted by molar-refractivity contribution is 0.103. The third kappa shape index (κ3) is 2.35. The molecular formula is C16H13ClFNO. The maximum absolute atomic E-state index is 13.9. The van der Waals surface area contributed by atoms with E-state index in [1.807, 2.05) is 12.1 Å². The molecule has 0 fully saturated rings. The highest BCUT2D eigenvalue weighted by molar-refractivity contribution is 6.30. The molecule has 3 rings (SSSR count). The van der Waals surface area contributed by atoms with Crippen LogP contribution in [0, 0.1) is 5.82 Å². The van der Waals surface area contributed by atoms with Gasteiger partial charge in [0.1, 0.15) is 5.82 Å². The monoisotopic (exact) mass is 289 g/mol. The summed E-state index contributed by atoms with van der Waals surface area (Å²) in [5.74, 6) is -0.855. The van der Waals surface area contributed by atoms with Crippen molar-refractivity contribution in [3.8, 4) is 0 Å². The lowest BCUT2D eigenvalue weighted by Crippen LogP contribution is -2.25. The number of rotatable bonds is 2. The Balaban J connectivity index is 2.07. The lowest BCUT2D eigenvalue weighted by atomic mass is 9.91. The van der Waals surface area contributed by atoms with Gasteiger partial charge in [-0.2, -0.15) is 0 Å². The molecule has 0 atom stereocenters. The van der Waals surface area contributed by atoms with Crippen LogP contribution < -0.4 is 5.32 Å². The number of nitrogens with one attached hydrogen (secondary N) is 1. The molecule has 1 heterocycles. The first-order valence-electron chi connectivity index (χ1n) is 6.48. The van der Waals surface area contributed by atoms with Crippen molar-refractivity contribution in [3.05, 3.63) is 69.5 Å². The van der Waals surface area contributed by atoms with E-state index in [9.17, 15) is 9.18 Å². The molecule has 2 aromatic rings. The average molecular weight is 290 g/mol. The minimum Gasteiger partial charge on any atom is -0.312 e. The predicted octanol–water partition coefficient (Wildman–Crippen LogP) is 3.36. The topological polar surface area (TPSA) is 29.1 Å². The zero-order chi connectivity index (χ0) is 14.1. The van der Waals surface area contributed by atoms with Crippen LogP contribution in [0.5, 0.6) is 0 Å². The van der Waals surface area contributed by atoms with E-state index in [0.717, 1.165) is 30.6 Å². The van der Waals surface area contributed by atoms with Gasteiger partial charge in [0.25, 0.3) is 0 Å². The summed E-state index contributed by atoms with van der Waals surface area (Å²) in [4.78, 5) is 12.5. The van der Waals surface area contributed by atoms with Gasteiger partial charge in [-0.1, -0.05) is 29.8 Å². The van der Waals surface area contributed by atoms with Crippen LogP contribution in [-0.2, 0) is 13.0 Å². The smallest absolute Gasteiger partial charge is 0.196 e. The summed E-state index contributed by atoms with van der Waals surface area (Å²) in [6.07, 6.45) is 0.784. The van der Waals surface area contributed by atoms with Gasteiger partial charge in [0.15, 0.2) is 5.78 Å². The van der Waals surface area contributed by atoms with E-state index in [-0.39, 0.29) is 11.3 Å². The average Bonchev–Trinajstić information content (AvgIpc) is 2.46. The Morgan fingerprint density at radius 2 is 2.05 bits per heavy atom. The van der Waals surface area contributed by atoms with Gasteiger partial charge < -0.3 is 5.32 Å². The minimum absolute atomic E-state index is 0.0707. The second-order valence-corrected chi connectivity index (χ2v) is 5.26. The van der Waals surface area contributed by atoms with Gasteiger partial charge in [-0.3, -0.25) is 4.79 Å². The second kappa shape index (κ2) is 5.35. The summed E-state index contributed by atoms with van der Waals surface area (Å²) in [5, 5.41) is 3.55. The molecule has 1 N–H and O–H groups in total. The van der Waals surface area contributed by atoms with E-state index < -0.39 is 5.82 Å². The Bertz CT molecular complexity index is 684. The number of hydrogen-bond acceptors (Lipinski definition) is 2. The number of carbonyl (C=O) groups excluding carboxylic acids is 1. The van der Waals surface area contributed by atoms with Crippen LogP contribution >= 0.6 is 11.6 Å². The standard InChI is InChI=1S/C16H13ClFNO/c17-11-4-5-14(15(18)8-11)16(20)13-3-1-2-10-9-19-7-6-12(10)13/h1-5,8,19H,6-7,9H2. The molecule has 20 heavy (non-hydrogen) atoms. The van der Waals surface area contributed by atoms with Crippen LogP contribution in [0.3, 0.4) is 0 Å². The fraction of sp³-hybridized carbons (Fsp3) is 0.188. The molecule has 0 amide bonds. The molecule has 4 heteroatoms. The van der Waals surface area contributed by atoms with Crippen molar-refractivity contribution in [3.63, 3.8) is 0 Å². The molecule has 1 aliphatic heterocycles. The number of ketones is 1. The summed E-state index contributed by atoms with van der Waals surface area (Å²) < 4.78 is 13.9. The summed E-state index contributed by atoms with van der Waals surface area (Å²) in [6.45, 7) is 1.58. The van der Waals surface area contributed by atoms with Crippen molar-refractivity contribution in [1.82, 2.24) is 5.32 Å². The van der Waals surface area contributed by atoms with Gasteiger partial charge in [0, 0.05) is 17.1 Å². The normalized spacial score (nSPS) is 13.9. The van der Waals surface area contributed by atoms with Gasteiger partial charge in [0.2, 0.25) is 0 Å². The van der Waals surface area contributed by atoms with E-state index in [2.05, 4.69) is 5.32 Å². The molecule has 0 spiro atoms. The zero-order valence-corrected chi connectivity index (χ0v) is 11.5. The summed E-state index contributed by atoms with van der Waals surface area (Å²) in [6, 6.07) is 9.75. The van der Waals surface area contributed by atoms with Crippen molar-refractivity contribution in [1.29, 1.82) is 0 Å². The van der Waals surface area contributed by atoms with Crippen LogP contribution in [0.15, 0.2) is 36.4 Å². The fourth-order valence-electron chi connectivity index (χ4n) is 2.56. The molecule has 0 bridgehead atoms. The largest absolute Gasteiger partial charge is 0.312 e. The van der Waals surface area contributed by atoms with Crippen molar-refractivity contribution in [2.24, 2.45) is 0 Å². The van der Waals surface area contributed by atoms with Crippen LogP contribution in [0.1, 0.15) is 27.0 Å². The highest BCUT2D eigenvalue weighted by Gasteiger charge is 2.20. The van der Waals surface area contributed by atoms with Gasteiger partial charge >= 0.3 is 0 Å². The maximum atomic E-state index is 13.9. The van der Waals surface area contributed by atoms with Gasteiger partial charge in [-0.25, -0.2) is 4.39 Å². The van der Waals surface area contributed by atoms with E-state index in [1.165, 1.54) is 18.2 Å². The van der Waals surface area contributed by atoms with Gasteiger partial charge in [-0.05, 0) is 42.3 Å². The molecule has 2 nitrogen and oxygen atoms in total. The number of halogens is 2. The highest BCUT2D eigenvalue weighted by atomic mass is 35.5. The third-order valence-electron chi connectivity index (χ3n) is 3.56. The quantitative estimate of drug-likeness (QED) is 0.859. The van der Waals surface area contributed by atoms with Crippen molar-refractivity contribution < 1.29 is 9.18 Å². The predicted molar refractivity (Wildman–Crippen MR) is 76.7 cm³/mol. The Hall–Kier alpha value is -1.71. The van der Waals surface area contributed by atoms with E-state index in [4.69, 9.17) is 11.6 Å². The Morgan fingerprint density at radius 1 is 1.20 bits per heavy atom. The number of fused-ring (bicyclic) bond motifs is 1. The van der Waals surface area contributed by atoms with Crippen LogP contribution in [-0.4, -0.2) is 12.3 Å². The van der Waals surface area contributed by atoms with Crippen LogP contribution in [0.2, 0.25) is 5.02 Å². The fourth-order valence-corrected chi connectivity index (χ4v) is 2.72. The second-order valence-electron chi connectivity index (χ2n) is 4.82. The SMILES string of the molecule is O=C(c1ccc(Cl)cc1F)c1cccc2c1CCNC2. The summed E-state index contributed by atoms with van der Waals surface area (Å²) >= 11 is 5.72. The lowest BCUT2D eigenvalue weighted by Gasteiger charge is -2.19. The first-order valence-corrected chi connectivity index (χ1v) is 6.86. The van der Waals surface area contributed by atoms with Gasteiger partial charge in [0.05, 0.1) is 5.56 Å². The Morgan fingerprint density at radius 3 is 2.85 bits per heavy atom. The molecule has 0 unspecified atom stereocenters. The van der Waals surface area contributed by atoms with E-state index in [1.54, 1.807) is 6.07 Å². The number of benzene rings is 2. The highest BCUT2D eigenvalue weighted by Crippen LogP contribution is 2.23. The van der Waals surface area contributed by atoms with Crippen LogP contribution in [0.25, 0.3) is 0 Å². The van der Waals surface area contributed by atoms with Crippen molar-refractivity contribution in [2.75, 3.05) is 6.54 Å². The zero-order valence-electron chi connectivity index (χ0n) is 10.7. The molecule has 0 saturated heterocycles. The Kier molecular flexibility index (Phi) is 3.55. The number of hydrogen-bond donors (Lipinski definition) is 1. The molecule has 1 aliphatic rings. The number of carbonyl (C=O) groups is 1. The minimum atomic E-state index is -0.575. The van der Waals surface area contributed by atoms with E-state index in [0.29, 0.717) is 10.6 Å². The molecule has 0 saturated carbocycles. The maximum Gasteiger partial charge on any atom is 0.196 e. The first kappa shape index (κ1) is 13.3.